The lowest BCUT2D eigenvalue weighted by atomic mass is 10.3. The van der Waals surface area contributed by atoms with Gasteiger partial charge in [0.05, 0.1) is 18.4 Å². The van der Waals surface area contributed by atoms with Crippen molar-refractivity contribution in [1.82, 2.24) is 9.55 Å². The highest BCUT2D eigenvalue weighted by Gasteiger charge is 1.99. The van der Waals surface area contributed by atoms with E-state index in [-0.39, 0.29) is 10.7 Å². The SMILES string of the molecule is O=c1sccn1Cc1ccc(F)cn1. The topological polar surface area (TPSA) is 34.9 Å². The number of rotatable bonds is 2. The summed E-state index contributed by atoms with van der Waals surface area (Å²) in [6.45, 7) is 0.391. The highest BCUT2D eigenvalue weighted by atomic mass is 32.1. The minimum atomic E-state index is -0.369. The molecule has 5 heteroatoms. The monoisotopic (exact) mass is 210 g/mol. The Bertz CT molecular complexity index is 474. The van der Waals surface area contributed by atoms with Gasteiger partial charge in [0.2, 0.25) is 0 Å². The summed E-state index contributed by atoms with van der Waals surface area (Å²) in [6, 6.07) is 2.90. The molecule has 0 saturated carbocycles. The summed E-state index contributed by atoms with van der Waals surface area (Å²) in [6.07, 6.45) is 2.84. The smallest absolute Gasteiger partial charge is 0.300 e. The molecule has 0 bridgehead atoms. The third-order valence-electron chi connectivity index (χ3n) is 1.77. The van der Waals surface area contributed by atoms with Gasteiger partial charge in [-0.3, -0.25) is 14.3 Å². The Kier molecular flexibility index (Phi) is 2.41. The van der Waals surface area contributed by atoms with Gasteiger partial charge in [0, 0.05) is 11.6 Å². The average Bonchev–Trinajstić information content (AvgIpc) is 2.56. The fourth-order valence-corrected chi connectivity index (χ4v) is 1.67. The summed E-state index contributed by atoms with van der Waals surface area (Å²) in [5, 5.41) is 1.71. The van der Waals surface area contributed by atoms with Crippen LogP contribution in [0.15, 0.2) is 34.7 Å². The van der Waals surface area contributed by atoms with E-state index in [1.807, 2.05) is 0 Å². The van der Waals surface area contributed by atoms with Gasteiger partial charge in [-0.2, -0.15) is 0 Å². The lowest BCUT2D eigenvalue weighted by Crippen LogP contribution is -2.13. The first-order valence-electron chi connectivity index (χ1n) is 4.00. The minimum Gasteiger partial charge on any atom is -0.300 e. The van der Waals surface area contributed by atoms with E-state index >= 15 is 0 Å². The molecular formula is C9H7FN2OS. The normalized spacial score (nSPS) is 10.4. The first-order chi connectivity index (χ1) is 6.75. The third-order valence-corrected chi connectivity index (χ3v) is 2.46. The molecule has 3 nitrogen and oxygen atoms in total. The quantitative estimate of drug-likeness (QED) is 0.752. The molecular weight excluding hydrogens is 203 g/mol. The van der Waals surface area contributed by atoms with Crippen molar-refractivity contribution >= 4 is 11.3 Å². The Labute approximate surface area is 83.5 Å². The Morgan fingerprint density at radius 1 is 1.50 bits per heavy atom. The van der Waals surface area contributed by atoms with Crippen LogP contribution in [0, 0.1) is 5.82 Å². The maximum Gasteiger partial charge on any atom is 0.307 e. The molecule has 2 rings (SSSR count). The zero-order valence-corrected chi connectivity index (χ0v) is 8.00. The van der Waals surface area contributed by atoms with Crippen molar-refractivity contribution in [2.75, 3.05) is 0 Å². The maximum absolute atomic E-state index is 12.5. The second-order valence-electron chi connectivity index (χ2n) is 2.76. The van der Waals surface area contributed by atoms with Gasteiger partial charge in [0.15, 0.2) is 0 Å². The van der Waals surface area contributed by atoms with Crippen molar-refractivity contribution in [1.29, 1.82) is 0 Å². The van der Waals surface area contributed by atoms with Gasteiger partial charge in [-0.25, -0.2) is 4.39 Å². The standard InChI is InChI=1S/C9H7FN2OS/c10-7-1-2-8(11-5-7)6-12-3-4-14-9(12)13/h1-5H,6H2. The summed E-state index contributed by atoms with van der Waals surface area (Å²) in [4.78, 5) is 15.0. The summed E-state index contributed by atoms with van der Waals surface area (Å²) in [5.74, 6) is -0.369. The molecule has 0 unspecified atom stereocenters. The van der Waals surface area contributed by atoms with Crippen LogP contribution in [0.5, 0.6) is 0 Å². The van der Waals surface area contributed by atoms with Crippen LogP contribution in [-0.4, -0.2) is 9.55 Å². The van der Waals surface area contributed by atoms with E-state index in [1.165, 1.54) is 10.6 Å². The molecule has 0 spiro atoms. The lowest BCUT2D eigenvalue weighted by Gasteiger charge is -1.99. The second-order valence-corrected chi connectivity index (χ2v) is 3.62. The summed E-state index contributed by atoms with van der Waals surface area (Å²) in [7, 11) is 0. The van der Waals surface area contributed by atoms with Crippen LogP contribution in [0.2, 0.25) is 0 Å². The number of nitrogens with zero attached hydrogens (tertiary/aromatic N) is 2. The van der Waals surface area contributed by atoms with E-state index in [2.05, 4.69) is 4.98 Å². The molecule has 0 amide bonds. The molecule has 2 heterocycles. The Hall–Kier alpha value is -1.49. The molecule has 72 valence electrons. The predicted molar refractivity (Wildman–Crippen MR) is 51.9 cm³/mol. The van der Waals surface area contributed by atoms with Gasteiger partial charge < -0.3 is 0 Å². The maximum atomic E-state index is 12.5. The molecule has 0 fully saturated rings. The van der Waals surface area contributed by atoms with E-state index in [0.29, 0.717) is 12.2 Å². The van der Waals surface area contributed by atoms with Crippen molar-refractivity contribution in [3.63, 3.8) is 0 Å². The Morgan fingerprint density at radius 3 is 2.93 bits per heavy atom. The molecule has 0 aliphatic heterocycles. The molecule has 0 aliphatic rings. The van der Waals surface area contributed by atoms with Crippen LogP contribution < -0.4 is 4.87 Å². The van der Waals surface area contributed by atoms with Crippen molar-refractivity contribution in [3.8, 4) is 0 Å². The summed E-state index contributed by atoms with van der Waals surface area (Å²) < 4.78 is 14.0. The number of aromatic nitrogens is 2. The molecule has 0 aliphatic carbocycles. The molecule has 0 radical (unpaired) electrons. The fraction of sp³-hybridized carbons (Fsp3) is 0.111. The van der Waals surface area contributed by atoms with Crippen LogP contribution in [0.1, 0.15) is 5.69 Å². The van der Waals surface area contributed by atoms with Crippen LogP contribution in [-0.2, 0) is 6.54 Å². The fourth-order valence-electron chi connectivity index (χ4n) is 1.08. The average molecular weight is 210 g/mol. The Balaban J connectivity index is 2.23. The predicted octanol–water partition coefficient (Wildman–Crippen LogP) is 1.49. The number of halogens is 1. The van der Waals surface area contributed by atoms with Crippen molar-refractivity contribution < 1.29 is 4.39 Å². The van der Waals surface area contributed by atoms with Gasteiger partial charge in [0.1, 0.15) is 5.82 Å². The molecule has 0 atom stereocenters. The molecule has 2 aromatic rings. The second kappa shape index (κ2) is 3.71. The van der Waals surface area contributed by atoms with Gasteiger partial charge in [-0.1, -0.05) is 11.3 Å². The van der Waals surface area contributed by atoms with Gasteiger partial charge in [0.25, 0.3) is 0 Å². The number of pyridine rings is 1. The molecule has 2 aromatic heterocycles. The molecule has 0 saturated heterocycles. The van der Waals surface area contributed by atoms with E-state index < -0.39 is 0 Å². The summed E-state index contributed by atoms with van der Waals surface area (Å²) in [5.41, 5.74) is 0.673. The Morgan fingerprint density at radius 2 is 2.36 bits per heavy atom. The highest BCUT2D eigenvalue weighted by molar-refractivity contribution is 7.07. The van der Waals surface area contributed by atoms with Crippen molar-refractivity contribution in [3.05, 3.63) is 51.1 Å². The minimum absolute atomic E-state index is 0.0314. The van der Waals surface area contributed by atoms with Crippen LogP contribution >= 0.6 is 11.3 Å². The zero-order valence-electron chi connectivity index (χ0n) is 7.18. The molecule has 0 aromatic carbocycles. The zero-order chi connectivity index (χ0) is 9.97. The van der Waals surface area contributed by atoms with Gasteiger partial charge >= 0.3 is 4.87 Å². The number of thiazole rings is 1. The van der Waals surface area contributed by atoms with E-state index in [9.17, 15) is 9.18 Å². The number of hydrogen-bond donors (Lipinski definition) is 0. The van der Waals surface area contributed by atoms with Crippen LogP contribution in [0.4, 0.5) is 4.39 Å². The van der Waals surface area contributed by atoms with E-state index in [4.69, 9.17) is 0 Å². The van der Waals surface area contributed by atoms with Crippen molar-refractivity contribution in [2.45, 2.75) is 6.54 Å². The first kappa shape index (κ1) is 9.08. The van der Waals surface area contributed by atoms with Crippen molar-refractivity contribution in [2.24, 2.45) is 0 Å². The van der Waals surface area contributed by atoms with E-state index in [1.54, 1.807) is 17.6 Å². The van der Waals surface area contributed by atoms with Gasteiger partial charge in [-0.05, 0) is 12.1 Å². The summed E-state index contributed by atoms with van der Waals surface area (Å²) >= 11 is 1.13. The first-order valence-corrected chi connectivity index (χ1v) is 4.88. The highest BCUT2D eigenvalue weighted by Crippen LogP contribution is 2.00. The third kappa shape index (κ3) is 1.88. The van der Waals surface area contributed by atoms with Gasteiger partial charge in [-0.15, -0.1) is 0 Å². The van der Waals surface area contributed by atoms with Crippen LogP contribution in [0.25, 0.3) is 0 Å². The van der Waals surface area contributed by atoms with Crippen LogP contribution in [0.3, 0.4) is 0 Å². The molecule has 0 N–H and O–H groups in total. The lowest BCUT2D eigenvalue weighted by molar-refractivity contribution is 0.617. The van der Waals surface area contributed by atoms with E-state index in [0.717, 1.165) is 17.5 Å². The largest absolute Gasteiger partial charge is 0.307 e. The molecule has 14 heavy (non-hydrogen) atoms. The number of hydrogen-bond acceptors (Lipinski definition) is 3.